The Balaban J connectivity index is 1.86. The van der Waals surface area contributed by atoms with E-state index in [-0.39, 0.29) is 18.1 Å². The molecule has 18 heavy (non-hydrogen) atoms. The highest BCUT2D eigenvalue weighted by Crippen LogP contribution is 2.14. The molecular formula is C14H14FNOS. The molecule has 1 heterocycles. The summed E-state index contributed by atoms with van der Waals surface area (Å²) >= 11 is 1.64. The molecule has 1 N–H and O–H groups in total. The first-order chi connectivity index (χ1) is 8.65. The van der Waals surface area contributed by atoms with E-state index in [0.29, 0.717) is 6.54 Å². The van der Waals surface area contributed by atoms with E-state index >= 15 is 0 Å². The van der Waals surface area contributed by atoms with E-state index in [4.69, 9.17) is 0 Å². The van der Waals surface area contributed by atoms with Crippen LogP contribution in [0.1, 0.15) is 16.0 Å². The fourth-order valence-corrected chi connectivity index (χ4v) is 2.46. The zero-order chi connectivity index (χ0) is 13.0. The van der Waals surface area contributed by atoms with E-state index in [0.717, 1.165) is 5.56 Å². The summed E-state index contributed by atoms with van der Waals surface area (Å²) in [5.74, 6) is -0.331. The van der Waals surface area contributed by atoms with Crippen LogP contribution in [0.15, 0.2) is 35.7 Å². The normalized spacial score (nSPS) is 10.3. The quantitative estimate of drug-likeness (QED) is 0.902. The van der Waals surface area contributed by atoms with Gasteiger partial charge in [0, 0.05) is 4.88 Å². The predicted molar refractivity (Wildman–Crippen MR) is 71.0 cm³/mol. The summed E-state index contributed by atoms with van der Waals surface area (Å²) < 4.78 is 12.7. The third-order valence-electron chi connectivity index (χ3n) is 2.69. The van der Waals surface area contributed by atoms with Crippen LogP contribution in [0, 0.1) is 12.7 Å². The van der Waals surface area contributed by atoms with Gasteiger partial charge in [0.25, 0.3) is 0 Å². The number of halogens is 1. The molecule has 0 spiro atoms. The number of carbonyl (C=O) groups is 1. The van der Waals surface area contributed by atoms with Crippen LogP contribution >= 0.6 is 11.3 Å². The number of thiophene rings is 1. The van der Waals surface area contributed by atoms with Crippen molar-refractivity contribution >= 4 is 17.2 Å². The summed E-state index contributed by atoms with van der Waals surface area (Å²) in [5, 5.41) is 4.88. The second-order valence-electron chi connectivity index (χ2n) is 4.11. The molecule has 4 heteroatoms. The highest BCUT2D eigenvalue weighted by atomic mass is 32.1. The first-order valence-corrected chi connectivity index (χ1v) is 6.57. The van der Waals surface area contributed by atoms with Crippen LogP contribution < -0.4 is 5.32 Å². The summed E-state index contributed by atoms with van der Waals surface area (Å²) in [7, 11) is 0. The number of rotatable bonds is 4. The van der Waals surface area contributed by atoms with E-state index in [2.05, 4.69) is 5.32 Å². The van der Waals surface area contributed by atoms with Crippen molar-refractivity contribution in [3.63, 3.8) is 0 Å². The van der Waals surface area contributed by atoms with Gasteiger partial charge in [-0.3, -0.25) is 4.79 Å². The van der Waals surface area contributed by atoms with Crippen molar-refractivity contribution in [3.8, 4) is 0 Å². The second kappa shape index (κ2) is 5.78. The van der Waals surface area contributed by atoms with Crippen LogP contribution in [0.25, 0.3) is 0 Å². The minimum absolute atomic E-state index is 0.0468. The fourth-order valence-electron chi connectivity index (χ4n) is 1.61. The van der Waals surface area contributed by atoms with Gasteiger partial charge in [0.1, 0.15) is 5.82 Å². The van der Waals surface area contributed by atoms with Crippen LogP contribution in [-0.2, 0) is 17.8 Å². The number of amides is 1. The Morgan fingerprint density at radius 3 is 2.61 bits per heavy atom. The lowest BCUT2D eigenvalue weighted by molar-refractivity contribution is -0.120. The Kier molecular flexibility index (Phi) is 4.10. The average Bonchev–Trinajstić information content (AvgIpc) is 2.75. The van der Waals surface area contributed by atoms with Gasteiger partial charge in [-0.05, 0) is 41.6 Å². The lowest BCUT2D eigenvalue weighted by Gasteiger charge is -2.05. The number of hydrogen-bond donors (Lipinski definition) is 1. The van der Waals surface area contributed by atoms with Crippen LogP contribution in [0.5, 0.6) is 0 Å². The second-order valence-corrected chi connectivity index (χ2v) is 5.11. The zero-order valence-corrected chi connectivity index (χ0v) is 10.9. The van der Waals surface area contributed by atoms with Crippen LogP contribution in [-0.4, -0.2) is 5.91 Å². The van der Waals surface area contributed by atoms with Gasteiger partial charge >= 0.3 is 0 Å². The molecule has 0 radical (unpaired) electrons. The Morgan fingerprint density at radius 2 is 2.00 bits per heavy atom. The third kappa shape index (κ3) is 3.40. The minimum atomic E-state index is -0.284. The molecule has 0 bridgehead atoms. The van der Waals surface area contributed by atoms with Crippen molar-refractivity contribution < 1.29 is 9.18 Å². The standard InChI is InChI=1S/C14H14FNOS/c1-10-6-7-18-13(10)9-16-14(17)8-11-2-4-12(15)5-3-11/h2-7H,8-9H2,1H3,(H,16,17). The van der Waals surface area contributed by atoms with Crippen molar-refractivity contribution in [1.82, 2.24) is 5.32 Å². The van der Waals surface area contributed by atoms with Crippen molar-refractivity contribution in [2.75, 3.05) is 0 Å². The number of benzene rings is 1. The van der Waals surface area contributed by atoms with Gasteiger partial charge in [0.2, 0.25) is 5.91 Å². The third-order valence-corrected chi connectivity index (χ3v) is 3.72. The summed E-state index contributed by atoms with van der Waals surface area (Å²) in [6, 6.07) is 8.03. The SMILES string of the molecule is Cc1ccsc1CNC(=O)Cc1ccc(F)cc1. The highest BCUT2D eigenvalue weighted by Gasteiger charge is 2.05. The predicted octanol–water partition coefficient (Wildman–Crippen LogP) is 3.05. The molecule has 0 saturated carbocycles. The molecular weight excluding hydrogens is 249 g/mol. The summed E-state index contributed by atoms with van der Waals surface area (Å²) in [6.07, 6.45) is 0.282. The lowest BCUT2D eigenvalue weighted by Crippen LogP contribution is -2.24. The monoisotopic (exact) mass is 263 g/mol. The smallest absolute Gasteiger partial charge is 0.224 e. The first kappa shape index (κ1) is 12.8. The summed E-state index contributed by atoms with van der Waals surface area (Å²) in [4.78, 5) is 12.9. The van der Waals surface area contributed by atoms with Gasteiger partial charge < -0.3 is 5.32 Å². The van der Waals surface area contributed by atoms with Crippen molar-refractivity contribution in [3.05, 3.63) is 57.5 Å². The number of hydrogen-bond acceptors (Lipinski definition) is 2. The average molecular weight is 263 g/mol. The summed E-state index contributed by atoms with van der Waals surface area (Å²) in [5.41, 5.74) is 2.01. The van der Waals surface area contributed by atoms with Crippen LogP contribution in [0.3, 0.4) is 0 Å². The number of aryl methyl sites for hydroxylation is 1. The van der Waals surface area contributed by atoms with Gasteiger partial charge in [-0.2, -0.15) is 0 Å². The number of carbonyl (C=O) groups excluding carboxylic acids is 1. The topological polar surface area (TPSA) is 29.1 Å². The fraction of sp³-hybridized carbons (Fsp3) is 0.214. The Labute approximate surface area is 109 Å². The van der Waals surface area contributed by atoms with E-state index in [1.54, 1.807) is 23.5 Å². The first-order valence-electron chi connectivity index (χ1n) is 5.69. The minimum Gasteiger partial charge on any atom is -0.351 e. The van der Waals surface area contributed by atoms with Crippen molar-refractivity contribution in [2.24, 2.45) is 0 Å². The molecule has 0 aliphatic rings. The molecule has 2 rings (SSSR count). The van der Waals surface area contributed by atoms with Gasteiger partial charge in [0.05, 0.1) is 13.0 Å². The maximum Gasteiger partial charge on any atom is 0.224 e. The molecule has 94 valence electrons. The molecule has 0 aliphatic heterocycles. The highest BCUT2D eigenvalue weighted by molar-refractivity contribution is 7.10. The lowest BCUT2D eigenvalue weighted by atomic mass is 10.1. The van der Waals surface area contributed by atoms with E-state index in [1.165, 1.54) is 22.6 Å². The molecule has 0 fully saturated rings. The maximum atomic E-state index is 12.7. The molecule has 2 nitrogen and oxygen atoms in total. The number of nitrogens with one attached hydrogen (secondary N) is 1. The molecule has 0 aliphatic carbocycles. The Hall–Kier alpha value is -1.68. The molecule has 0 saturated heterocycles. The Bertz CT molecular complexity index is 533. The van der Waals surface area contributed by atoms with Crippen LogP contribution in [0.4, 0.5) is 4.39 Å². The van der Waals surface area contributed by atoms with Crippen LogP contribution in [0.2, 0.25) is 0 Å². The van der Waals surface area contributed by atoms with Gasteiger partial charge in [-0.25, -0.2) is 4.39 Å². The van der Waals surface area contributed by atoms with E-state index in [1.807, 2.05) is 18.4 Å². The zero-order valence-electron chi connectivity index (χ0n) is 10.1. The van der Waals surface area contributed by atoms with Gasteiger partial charge in [-0.1, -0.05) is 12.1 Å². The molecule has 1 amide bonds. The maximum absolute atomic E-state index is 12.7. The molecule has 0 atom stereocenters. The van der Waals surface area contributed by atoms with Crippen molar-refractivity contribution in [1.29, 1.82) is 0 Å². The molecule has 2 aromatic rings. The van der Waals surface area contributed by atoms with Gasteiger partial charge in [-0.15, -0.1) is 11.3 Å². The van der Waals surface area contributed by atoms with Crippen molar-refractivity contribution in [2.45, 2.75) is 19.9 Å². The summed E-state index contributed by atoms with van der Waals surface area (Å²) in [6.45, 7) is 2.58. The van der Waals surface area contributed by atoms with Gasteiger partial charge in [0.15, 0.2) is 0 Å². The van der Waals surface area contributed by atoms with E-state index < -0.39 is 0 Å². The molecule has 1 aromatic carbocycles. The molecule has 0 unspecified atom stereocenters. The Morgan fingerprint density at radius 1 is 1.28 bits per heavy atom. The van der Waals surface area contributed by atoms with E-state index in [9.17, 15) is 9.18 Å². The molecule has 1 aromatic heterocycles. The largest absolute Gasteiger partial charge is 0.351 e.